The maximum absolute atomic E-state index is 11.7. The predicted octanol–water partition coefficient (Wildman–Crippen LogP) is -2.82. The van der Waals surface area contributed by atoms with Crippen LogP contribution in [0, 0.1) is 0 Å². The number of nitrogens with one attached hydrogen (secondary N) is 1. The van der Waals surface area contributed by atoms with Gasteiger partial charge in [-0.3, -0.25) is 9.45 Å². The summed E-state index contributed by atoms with van der Waals surface area (Å²) in [5, 5.41) is 28.6. The second-order valence-corrected chi connectivity index (χ2v) is 5.90. The fraction of sp³-hybridized carbons (Fsp3) is 0.667. The third-order valence-corrected chi connectivity index (χ3v) is 3.95. The fourth-order valence-electron chi connectivity index (χ4n) is 1.97. The SMILES string of the molecule is O=C1NC(S(=O)(=O)O)C=CN1[C@@H]1O[C@H](CO)[C@@H](O)[C@H]1O. The quantitative estimate of drug-likeness (QED) is 0.349. The van der Waals surface area contributed by atoms with Gasteiger partial charge in [0.05, 0.1) is 6.61 Å². The van der Waals surface area contributed by atoms with Gasteiger partial charge in [0, 0.05) is 6.20 Å². The van der Waals surface area contributed by atoms with Crippen molar-refractivity contribution < 1.29 is 37.8 Å². The van der Waals surface area contributed by atoms with E-state index in [0.29, 0.717) is 0 Å². The molecule has 0 bridgehead atoms. The highest BCUT2D eigenvalue weighted by atomic mass is 32.2. The first-order valence-corrected chi connectivity index (χ1v) is 7.12. The molecule has 2 amide bonds. The average Bonchev–Trinajstić information content (AvgIpc) is 2.65. The molecule has 11 heteroatoms. The zero-order chi connectivity index (χ0) is 15.1. The summed E-state index contributed by atoms with van der Waals surface area (Å²) >= 11 is 0. The molecule has 1 fully saturated rings. The van der Waals surface area contributed by atoms with Crippen LogP contribution in [0.2, 0.25) is 0 Å². The number of hydrogen-bond donors (Lipinski definition) is 5. The molecule has 114 valence electrons. The first-order chi connectivity index (χ1) is 9.25. The first-order valence-electron chi connectivity index (χ1n) is 5.61. The number of nitrogens with zero attached hydrogens (tertiary/aromatic N) is 1. The molecule has 10 nitrogen and oxygen atoms in total. The molecule has 0 radical (unpaired) electrons. The lowest BCUT2D eigenvalue weighted by Gasteiger charge is -2.31. The Hall–Kier alpha value is -1.24. The fourth-order valence-corrected chi connectivity index (χ4v) is 2.49. The highest BCUT2D eigenvalue weighted by Crippen LogP contribution is 2.25. The van der Waals surface area contributed by atoms with Crippen molar-refractivity contribution in [3.05, 3.63) is 12.3 Å². The van der Waals surface area contributed by atoms with Gasteiger partial charge < -0.3 is 25.4 Å². The minimum atomic E-state index is -4.48. The van der Waals surface area contributed by atoms with Gasteiger partial charge in [0.25, 0.3) is 10.1 Å². The summed E-state index contributed by atoms with van der Waals surface area (Å²) in [5.41, 5.74) is 0. The van der Waals surface area contributed by atoms with Crippen molar-refractivity contribution in [2.45, 2.75) is 29.9 Å². The van der Waals surface area contributed by atoms with Crippen molar-refractivity contribution in [3.63, 3.8) is 0 Å². The van der Waals surface area contributed by atoms with E-state index >= 15 is 0 Å². The molecular formula is C9H14N2O8S. The Labute approximate surface area is 114 Å². The Bertz CT molecular complexity index is 520. The summed E-state index contributed by atoms with van der Waals surface area (Å²) in [5.74, 6) is 0. The second kappa shape index (κ2) is 5.27. The number of urea groups is 1. The van der Waals surface area contributed by atoms with E-state index in [1.165, 1.54) is 0 Å². The van der Waals surface area contributed by atoms with Crippen LogP contribution in [0.15, 0.2) is 12.3 Å². The highest BCUT2D eigenvalue weighted by Gasteiger charge is 2.47. The van der Waals surface area contributed by atoms with Gasteiger partial charge in [0.1, 0.15) is 18.3 Å². The minimum Gasteiger partial charge on any atom is -0.394 e. The molecule has 2 rings (SSSR count). The van der Waals surface area contributed by atoms with E-state index in [2.05, 4.69) is 0 Å². The Balaban J connectivity index is 2.17. The number of ether oxygens (including phenoxy) is 1. The van der Waals surface area contributed by atoms with Crippen LogP contribution in [0.4, 0.5) is 4.79 Å². The van der Waals surface area contributed by atoms with Gasteiger partial charge in [-0.05, 0) is 6.08 Å². The normalized spacial score (nSPS) is 38.1. The van der Waals surface area contributed by atoms with Crippen molar-refractivity contribution in [3.8, 4) is 0 Å². The van der Waals surface area contributed by atoms with E-state index < -0.39 is 52.7 Å². The Kier molecular flexibility index (Phi) is 4.00. The molecule has 0 aliphatic carbocycles. The van der Waals surface area contributed by atoms with E-state index in [9.17, 15) is 23.4 Å². The van der Waals surface area contributed by atoms with Gasteiger partial charge in [-0.15, -0.1) is 0 Å². The molecule has 20 heavy (non-hydrogen) atoms. The van der Waals surface area contributed by atoms with E-state index in [1.54, 1.807) is 0 Å². The molecule has 0 aromatic rings. The molecule has 0 aromatic heterocycles. The van der Waals surface area contributed by atoms with Crippen molar-refractivity contribution in [1.82, 2.24) is 10.2 Å². The lowest BCUT2D eigenvalue weighted by Crippen LogP contribution is -2.54. The van der Waals surface area contributed by atoms with Crippen molar-refractivity contribution in [2.75, 3.05) is 6.61 Å². The zero-order valence-corrected chi connectivity index (χ0v) is 10.8. The summed E-state index contributed by atoms with van der Waals surface area (Å²) in [6.07, 6.45) is -3.20. The standard InChI is InChI=1S/C9H14N2O8S/c12-3-4-6(13)7(14)8(19-4)11-2-1-5(10-9(11)15)20(16,17)18/h1-2,4-8,12-14H,3H2,(H,10,15)(H,16,17,18)/t4-,5?,6-,7-,8-/m1/s1. The molecule has 5 atom stereocenters. The first kappa shape index (κ1) is 15.2. The summed E-state index contributed by atoms with van der Waals surface area (Å²) in [7, 11) is -4.48. The van der Waals surface area contributed by atoms with E-state index in [-0.39, 0.29) is 0 Å². The number of hydrogen-bond acceptors (Lipinski definition) is 7. The second-order valence-electron chi connectivity index (χ2n) is 4.36. The summed E-state index contributed by atoms with van der Waals surface area (Å²) < 4.78 is 35.7. The van der Waals surface area contributed by atoms with E-state index in [4.69, 9.17) is 14.4 Å². The molecule has 1 unspecified atom stereocenters. The zero-order valence-electron chi connectivity index (χ0n) is 10.0. The van der Waals surface area contributed by atoms with Crippen LogP contribution in [0.25, 0.3) is 0 Å². The molecule has 2 heterocycles. The van der Waals surface area contributed by atoms with Gasteiger partial charge in [0.15, 0.2) is 11.6 Å². The Morgan fingerprint density at radius 3 is 2.45 bits per heavy atom. The Morgan fingerprint density at radius 1 is 1.35 bits per heavy atom. The smallest absolute Gasteiger partial charge is 0.324 e. The number of amides is 2. The number of rotatable bonds is 3. The molecule has 1 saturated heterocycles. The van der Waals surface area contributed by atoms with Gasteiger partial charge in [-0.1, -0.05) is 0 Å². The number of aliphatic hydroxyl groups excluding tert-OH is 3. The summed E-state index contributed by atoms with van der Waals surface area (Å²) in [6.45, 7) is -0.554. The van der Waals surface area contributed by atoms with Gasteiger partial charge in [-0.25, -0.2) is 4.79 Å². The van der Waals surface area contributed by atoms with Crippen LogP contribution in [0.3, 0.4) is 0 Å². The number of carbonyl (C=O) groups excluding carboxylic acids is 1. The van der Waals surface area contributed by atoms with Crippen LogP contribution < -0.4 is 5.32 Å². The molecule has 5 N–H and O–H groups in total. The number of aliphatic hydroxyl groups is 3. The summed E-state index contributed by atoms with van der Waals surface area (Å²) in [6, 6.07) is -0.940. The molecule has 0 saturated carbocycles. The van der Waals surface area contributed by atoms with Crippen LogP contribution in [0.5, 0.6) is 0 Å². The third kappa shape index (κ3) is 2.63. The van der Waals surface area contributed by atoms with Gasteiger partial charge in [0.2, 0.25) is 0 Å². The highest BCUT2D eigenvalue weighted by molar-refractivity contribution is 7.86. The predicted molar refractivity (Wildman–Crippen MR) is 62.6 cm³/mol. The molecule has 0 aromatic carbocycles. The van der Waals surface area contributed by atoms with Crippen LogP contribution in [-0.4, -0.2) is 75.7 Å². The monoisotopic (exact) mass is 310 g/mol. The topological polar surface area (TPSA) is 157 Å². The maximum atomic E-state index is 11.7. The maximum Gasteiger partial charge on any atom is 0.324 e. The Morgan fingerprint density at radius 2 is 2.00 bits per heavy atom. The van der Waals surface area contributed by atoms with Crippen molar-refractivity contribution in [1.29, 1.82) is 0 Å². The van der Waals surface area contributed by atoms with Crippen LogP contribution >= 0.6 is 0 Å². The molecule has 2 aliphatic rings. The number of carbonyl (C=O) groups is 1. The van der Waals surface area contributed by atoms with Gasteiger partial charge >= 0.3 is 6.03 Å². The molecule has 0 spiro atoms. The third-order valence-electron chi connectivity index (χ3n) is 3.03. The van der Waals surface area contributed by atoms with Crippen LogP contribution in [-0.2, 0) is 14.9 Å². The van der Waals surface area contributed by atoms with Gasteiger partial charge in [-0.2, -0.15) is 8.42 Å². The lowest BCUT2D eigenvalue weighted by atomic mass is 10.1. The van der Waals surface area contributed by atoms with Crippen LogP contribution in [0.1, 0.15) is 0 Å². The minimum absolute atomic E-state index is 0.554. The van der Waals surface area contributed by atoms with Crippen molar-refractivity contribution in [2.24, 2.45) is 0 Å². The van der Waals surface area contributed by atoms with E-state index in [0.717, 1.165) is 17.2 Å². The average molecular weight is 310 g/mol. The summed E-state index contributed by atoms with van der Waals surface area (Å²) in [4.78, 5) is 12.6. The largest absolute Gasteiger partial charge is 0.394 e. The lowest BCUT2D eigenvalue weighted by molar-refractivity contribution is -0.0658. The molecular weight excluding hydrogens is 296 g/mol. The van der Waals surface area contributed by atoms with Crippen molar-refractivity contribution >= 4 is 16.1 Å². The van der Waals surface area contributed by atoms with E-state index in [1.807, 2.05) is 5.32 Å². The molecule has 2 aliphatic heterocycles.